The third-order valence-corrected chi connectivity index (χ3v) is 5.02. The van der Waals surface area contributed by atoms with Gasteiger partial charge < -0.3 is 60.3 Å². The first-order valence-electron chi connectivity index (χ1n) is 16.5. The number of nitrogens with one attached hydrogen (secondary N) is 4. The minimum absolute atomic E-state index is 0. The van der Waals surface area contributed by atoms with Gasteiger partial charge in [0.2, 0.25) is 0 Å². The number of carbonyl (C=O) groups is 4. The fraction of sp³-hybridized carbons (Fsp3) is 0.225. The summed E-state index contributed by atoms with van der Waals surface area (Å²) in [6.07, 6.45) is 3.62. The zero-order valence-corrected chi connectivity index (χ0v) is 45.9. The zero-order valence-electron chi connectivity index (χ0n) is 34.8. The molecular weight excluding hydrogens is 1440 g/mol. The van der Waals surface area contributed by atoms with Crippen LogP contribution < -0.4 is 27.0 Å². The third-order valence-electron chi connectivity index (χ3n) is 5.02. The van der Waals surface area contributed by atoms with Gasteiger partial charge in [-0.1, -0.05) is 80.2 Å². The maximum absolute atomic E-state index is 11.0. The number of benzene rings is 4. The molecule has 4 radical (unpaired) electrons. The molecule has 0 aromatic heterocycles. The van der Waals surface area contributed by atoms with E-state index < -0.39 is 12.1 Å². The third kappa shape index (κ3) is 59.9. The number of esters is 2. The van der Waals surface area contributed by atoms with Crippen LogP contribution in [-0.4, -0.2) is 111 Å². The smallest absolute Gasteiger partial charge is 0.392 e. The molecule has 4 rings (SSSR count). The maximum Gasteiger partial charge on any atom is 0.392 e. The van der Waals surface area contributed by atoms with E-state index in [1.54, 1.807) is 92.7 Å². The first-order chi connectivity index (χ1) is 28.1. The SMILES string of the molecule is C.CCOC(=O)c1ccccc1.CCOC(=O)c1ccccc1.CN.CN[C-]=O.CN[C-]=O.CN[C-]=O.I.O=C(O)c1ccccc1.[B]O.[B]OC(=O)Nc1ccccc1.[HH].[W].[W].[W]. The minimum atomic E-state index is -0.879. The summed E-state index contributed by atoms with van der Waals surface area (Å²) >= 11 is 0. The number of ether oxygens (including phenoxy) is 2. The van der Waals surface area contributed by atoms with Crippen molar-refractivity contribution in [3.8, 4) is 0 Å². The predicted molar refractivity (Wildman–Crippen MR) is 247 cm³/mol. The average Bonchev–Trinajstić information content (AvgIpc) is 3.30. The molecule has 4 amide bonds. The Kier molecular flexibility index (Phi) is 91.0. The number of carboxylic acid groups (broad SMARTS) is 1. The van der Waals surface area contributed by atoms with Crippen molar-refractivity contribution in [3.63, 3.8) is 0 Å². The van der Waals surface area contributed by atoms with Crippen LogP contribution in [-0.2, 0) is 91.7 Å². The van der Waals surface area contributed by atoms with E-state index in [4.69, 9.17) is 34.0 Å². The Morgan fingerprint density at radius 1 is 0.587 bits per heavy atom. The standard InChI is InChI=1S/2C9H10O2.C7H6BNO2.C7H6O2.3C2H4NO.CH5N.CH4.BHO.HI.3W.H2/c2*1-2-11-9(10)8-6-4-3-5-7-8;8-11-7(10)9-6-4-2-1-3-5-6;8-7(9)6-4-2-1-3-5-6;3*1-3-2-4;1-2;;1-2;;;;;/h2*3-7H,2H2,1H3;1-5H,(H,9,10);1-5H,(H,8,9);3*1H3,(H,3,4);2H2,1H3;1H4;2H;1H;;;;1H/q;;;;3*-1;;;;;;;;. The summed E-state index contributed by atoms with van der Waals surface area (Å²) in [6, 6.07) is 35.1. The number of halogens is 1. The van der Waals surface area contributed by atoms with Gasteiger partial charge in [-0.05, 0) is 90.6 Å². The molecular formula is C40H57B2IN5O12W3-3. The van der Waals surface area contributed by atoms with Crippen molar-refractivity contribution < 1.29 is 122 Å². The second kappa shape index (κ2) is 69.5. The molecule has 0 heterocycles. The fourth-order valence-electron chi connectivity index (χ4n) is 2.83. The molecule has 348 valence electrons. The summed E-state index contributed by atoms with van der Waals surface area (Å²) in [5, 5.41) is 23.7. The quantitative estimate of drug-likeness (QED) is 0.0404. The second-order valence-corrected chi connectivity index (χ2v) is 8.80. The molecule has 4 aromatic carbocycles. The van der Waals surface area contributed by atoms with Crippen LogP contribution in [0.15, 0.2) is 121 Å². The van der Waals surface area contributed by atoms with E-state index in [9.17, 15) is 19.2 Å². The molecule has 4 aromatic rings. The number of carbonyl (C=O) groups excluding carboxylic acids is 6. The van der Waals surface area contributed by atoms with Crippen molar-refractivity contribution in [3.05, 3.63) is 138 Å². The topological polar surface area (TPSA) is 262 Å². The summed E-state index contributed by atoms with van der Waals surface area (Å²) < 4.78 is 13.5. The number of para-hydroxylation sites is 1. The summed E-state index contributed by atoms with van der Waals surface area (Å²) in [5.74, 6) is -1.39. The van der Waals surface area contributed by atoms with Crippen LogP contribution >= 0.6 is 24.0 Å². The van der Waals surface area contributed by atoms with Gasteiger partial charge in [-0.15, -0.1) is 24.0 Å². The minimum Gasteiger partial charge on any atom is -0.532 e. The van der Waals surface area contributed by atoms with Gasteiger partial charge in [0.25, 0.3) is 8.05 Å². The Morgan fingerprint density at radius 2 is 0.825 bits per heavy atom. The molecule has 17 nitrogen and oxygen atoms in total. The van der Waals surface area contributed by atoms with Crippen molar-refractivity contribution in [1.29, 1.82) is 0 Å². The molecule has 0 saturated heterocycles. The first kappa shape index (κ1) is 82.5. The first-order valence-corrected chi connectivity index (χ1v) is 16.5. The maximum atomic E-state index is 11.0. The van der Waals surface area contributed by atoms with Crippen molar-refractivity contribution in [2.75, 3.05) is 46.7 Å². The molecule has 0 spiro atoms. The number of amides is 4. The van der Waals surface area contributed by atoms with Gasteiger partial charge in [-0.2, -0.15) is 19.2 Å². The van der Waals surface area contributed by atoms with Crippen LogP contribution in [0.25, 0.3) is 0 Å². The molecule has 0 aliphatic rings. The van der Waals surface area contributed by atoms with E-state index in [1.165, 1.54) is 47.4 Å². The predicted octanol–water partition coefficient (Wildman–Crippen LogP) is 4.38. The van der Waals surface area contributed by atoms with Gasteiger partial charge in [0.05, 0.1) is 29.9 Å². The molecule has 23 heteroatoms. The summed E-state index contributed by atoms with van der Waals surface area (Å²) in [5.41, 5.74) is 6.70. The van der Waals surface area contributed by atoms with E-state index in [1.807, 2.05) is 42.5 Å². The Bertz CT molecular complexity index is 1510. The normalized spacial score (nSPS) is 7.17. The molecule has 0 saturated carbocycles. The number of hydrogen-bond acceptors (Lipinski definition) is 12. The second-order valence-electron chi connectivity index (χ2n) is 8.80. The Labute approximate surface area is 435 Å². The molecule has 0 bridgehead atoms. The monoisotopic (exact) mass is 1500 g/mol. The van der Waals surface area contributed by atoms with Crippen LogP contribution in [0, 0.1) is 0 Å². The average molecular weight is 1500 g/mol. The summed E-state index contributed by atoms with van der Waals surface area (Å²) in [6.45, 7) is 4.43. The van der Waals surface area contributed by atoms with E-state index in [-0.39, 0.29) is 108 Å². The van der Waals surface area contributed by atoms with Gasteiger partial charge in [-0.25, -0.2) is 19.2 Å². The van der Waals surface area contributed by atoms with E-state index >= 15 is 0 Å². The number of anilines is 1. The molecule has 8 N–H and O–H groups in total. The molecule has 0 fully saturated rings. The largest absolute Gasteiger partial charge is 0.532 e. The van der Waals surface area contributed by atoms with E-state index in [0.29, 0.717) is 35.6 Å². The number of nitrogens with two attached hydrogens (primary N) is 1. The van der Waals surface area contributed by atoms with Crippen LogP contribution in [0.4, 0.5) is 10.5 Å². The number of hydrogen-bond donors (Lipinski definition) is 7. The molecule has 0 aliphatic carbocycles. The number of aromatic carboxylic acids is 1. The number of carboxylic acids is 1. The van der Waals surface area contributed by atoms with E-state index in [0.717, 1.165) is 0 Å². The molecule has 0 unspecified atom stereocenters. The molecule has 0 aliphatic heterocycles. The Morgan fingerprint density at radius 3 is 1.02 bits per heavy atom. The van der Waals surface area contributed by atoms with Crippen molar-refractivity contribution >= 4 is 89.0 Å². The Balaban J connectivity index is -0.0000000570. The van der Waals surface area contributed by atoms with E-state index in [2.05, 4.69) is 47.8 Å². The fourth-order valence-corrected chi connectivity index (χ4v) is 2.83. The van der Waals surface area contributed by atoms with Gasteiger partial charge >= 0.3 is 32.1 Å². The molecule has 0 atom stereocenters. The van der Waals surface area contributed by atoms with Crippen LogP contribution in [0.2, 0.25) is 0 Å². The van der Waals surface area contributed by atoms with Crippen LogP contribution in [0.5, 0.6) is 0 Å². The molecule has 63 heavy (non-hydrogen) atoms. The van der Waals surface area contributed by atoms with Gasteiger partial charge in [0.15, 0.2) is 0 Å². The van der Waals surface area contributed by atoms with Gasteiger partial charge in [-0.3, -0.25) is 5.32 Å². The zero-order chi connectivity index (χ0) is 45.2. The summed E-state index contributed by atoms with van der Waals surface area (Å²) in [4.78, 5) is 69.6. The van der Waals surface area contributed by atoms with Crippen LogP contribution in [0.3, 0.4) is 0 Å². The number of rotatable bonds is 9. The van der Waals surface area contributed by atoms with Gasteiger partial charge in [0, 0.05) is 70.3 Å². The van der Waals surface area contributed by atoms with Crippen LogP contribution in [0.1, 0.15) is 53.8 Å². The summed E-state index contributed by atoms with van der Waals surface area (Å²) in [7, 11) is 14.1. The van der Waals surface area contributed by atoms with Crippen molar-refractivity contribution in [1.82, 2.24) is 16.0 Å². The van der Waals surface area contributed by atoms with Gasteiger partial charge in [0.1, 0.15) is 0 Å². The van der Waals surface area contributed by atoms with Crippen molar-refractivity contribution in [2.45, 2.75) is 21.3 Å². The van der Waals surface area contributed by atoms with Crippen molar-refractivity contribution in [2.24, 2.45) is 5.73 Å². The Hall–Kier alpha value is -4.19.